The Balaban J connectivity index is 2.15. The number of methoxy groups -OCH3 is 2. The number of rotatable bonds is 4. The van der Waals surface area contributed by atoms with Gasteiger partial charge in [-0.1, -0.05) is 12.1 Å². The maximum absolute atomic E-state index is 13.2. The SMILES string of the molecule is COc1ccc(-c2cc(C(F)(F)F)cnc2-c2ccc(OC)cc2)cc1. The zero-order chi connectivity index (χ0) is 18.7. The lowest BCUT2D eigenvalue weighted by Crippen LogP contribution is -2.06. The van der Waals surface area contributed by atoms with Crippen molar-refractivity contribution in [1.82, 2.24) is 4.98 Å². The highest BCUT2D eigenvalue weighted by molar-refractivity contribution is 5.81. The van der Waals surface area contributed by atoms with Crippen molar-refractivity contribution in [2.75, 3.05) is 14.2 Å². The Bertz CT molecular complexity index is 888. The maximum atomic E-state index is 13.2. The van der Waals surface area contributed by atoms with Crippen molar-refractivity contribution in [3.63, 3.8) is 0 Å². The first-order valence-corrected chi connectivity index (χ1v) is 7.78. The molecule has 26 heavy (non-hydrogen) atoms. The summed E-state index contributed by atoms with van der Waals surface area (Å²) in [5, 5.41) is 0. The molecule has 6 heteroatoms. The van der Waals surface area contributed by atoms with E-state index in [0.717, 1.165) is 12.3 Å². The molecular formula is C20H16F3NO2. The van der Waals surface area contributed by atoms with Crippen molar-refractivity contribution in [3.8, 4) is 33.9 Å². The minimum absolute atomic E-state index is 0.396. The van der Waals surface area contributed by atoms with Crippen LogP contribution in [-0.4, -0.2) is 19.2 Å². The quantitative estimate of drug-likeness (QED) is 0.621. The zero-order valence-corrected chi connectivity index (χ0v) is 14.2. The second-order valence-electron chi connectivity index (χ2n) is 5.57. The molecule has 0 bridgehead atoms. The number of hydrogen-bond donors (Lipinski definition) is 0. The first kappa shape index (κ1) is 17.8. The van der Waals surface area contributed by atoms with E-state index < -0.39 is 11.7 Å². The number of ether oxygens (including phenoxy) is 2. The fourth-order valence-corrected chi connectivity index (χ4v) is 2.59. The predicted octanol–water partition coefficient (Wildman–Crippen LogP) is 5.45. The van der Waals surface area contributed by atoms with Crippen LogP contribution in [0.1, 0.15) is 5.56 Å². The van der Waals surface area contributed by atoms with E-state index >= 15 is 0 Å². The van der Waals surface area contributed by atoms with Crippen LogP contribution in [0.3, 0.4) is 0 Å². The van der Waals surface area contributed by atoms with Gasteiger partial charge in [0.15, 0.2) is 0 Å². The fourth-order valence-electron chi connectivity index (χ4n) is 2.59. The monoisotopic (exact) mass is 359 g/mol. The molecule has 0 atom stereocenters. The van der Waals surface area contributed by atoms with E-state index in [1.807, 2.05) is 0 Å². The van der Waals surface area contributed by atoms with Gasteiger partial charge in [0.25, 0.3) is 0 Å². The van der Waals surface area contributed by atoms with Gasteiger partial charge in [-0.2, -0.15) is 13.2 Å². The molecule has 3 rings (SSSR count). The molecule has 3 nitrogen and oxygen atoms in total. The molecular weight excluding hydrogens is 343 g/mol. The summed E-state index contributed by atoms with van der Waals surface area (Å²) in [7, 11) is 3.08. The van der Waals surface area contributed by atoms with Gasteiger partial charge in [0.2, 0.25) is 0 Å². The number of benzene rings is 2. The van der Waals surface area contributed by atoms with E-state index in [-0.39, 0.29) is 0 Å². The van der Waals surface area contributed by atoms with E-state index in [0.29, 0.717) is 33.9 Å². The van der Waals surface area contributed by atoms with E-state index in [1.54, 1.807) is 55.6 Å². The standard InChI is InChI=1S/C20H16F3NO2/c1-25-16-7-3-13(4-8-16)18-11-15(20(21,22)23)12-24-19(18)14-5-9-17(26-2)10-6-14/h3-12H,1-2H3. The molecule has 134 valence electrons. The van der Waals surface area contributed by atoms with Gasteiger partial charge in [0.1, 0.15) is 11.5 Å². The van der Waals surface area contributed by atoms with Gasteiger partial charge in [0, 0.05) is 17.3 Å². The average Bonchev–Trinajstić information content (AvgIpc) is 2.67. The van der Waals surface area contributed by atoms with Gasteiger partial charge in [-0.3, -0.25) is 4.98 Å². The van der Waals surface area contributed by atoms with Crippen LogP contribution >= 0.6 is 0 Å². The summed E-state index contributed by atoms with van der Waals surface area (Å²) in [6, 6.07) is 15.0. The minimum Gasteiger partial charge on any atom is -0.497 e. The van der Waals surface area contributed by atoms with Crippen LogP contribution in [0.5, 0.6) is 11.5 Å². The highest BCUT2D eigenvalue weighted by Gasteiger charge is 2.32. The summed E-state index contributed by atoms with van der Waals surface area (Å²) in [6.07, 6.45) is -3.61. The summed E-state index contributed by atoms with van der Waals surface area (Å²) in [4.78, 5) is 4.10. The molecule has 0 radical (unpaired) electrons. The summed E-state index contributed by atoms with van der Waals surface area (Å²) in [5.41, 5.74) is 1.39. The second-order valence-corrected chi connectivity index (χ2v) is 5.57. The lowest BCUT2D eigenvalue weighted by Gasteiger charge is -2.14. The van der Waals surface area contributed by atoms with Crippen LogP contribution in [-0.2, 0) is 6.18 Å². The third-order valence-electron chi connectivity index (χ3n) is 3.98. The molecule has 0 aliphatic rings. The predicted molar refractivity (Wildman–Crippen MR) is 93.2 cm³/mol. The first-order chi connectivity index (χ1) is 12.4. The van der Waals surface area contributed by atoms with E-state index in [4.69, 9.17) is 9.47 Å². The van der Waals surface area contributed by atoms with Gasteiger partial charge < -0.3 is 9.47 Å². The molecule has 0 spiro atoms. The fraction of sp³-hybridized carbons (Fsp3) is 0.150. The van der Waals surface area contributed by atoms with Gasteiger partial charge in [-0.15, -0.1) is 0 Å². The molecule has 1 heterocycles. The van der Waals surface area contributed by atoms with Crippen molar-refractivity contribution < 1.29 is 22.6 Å². The number of alkyl halides is 3. The number of nitrogens with zero attached hydrogens (tertiary/aromatic N) is 1. The molecule has 0 fully saturated rings. The lowest BCUT2D eigenvalue weighted by molar-refractivity contribution is -0.137. The van der Waals surface area contributed by atoms with Crippen molar-refractivity contribution in [2.45, 2.75) is 6.18 Å². The number of halogens is 3. The van der Waals surface area contributed by atoms with Crippen LogP contribution in [0.4, 0.5) is 13.2 Å². The summed E-state index contributed by atoms with van der Waals surface area (Å²) in [6.45, 7) is 0. The van der Waals surface area contributed by atoms with Crippen LogP contribution in [0, 0.1) is 0 Å². The van der Waals surface area contributed by atoms with Crippen LogP contribution in [0.25, 0.3) is 22.4 Å². The van der Waals surface area contributed by atoms with Crippen molar-refractivity contribution >= 4 is 0 Å². The lowest BCUT2D eigenvalue weighted by atomic mass is 9.97. The number of hydrogen-bond acceptors (Lipinski definition) is 3. The molecule has 0 saturated carbocycles. The molecule has 1 aromatic heterocycles. The Kier molecular flexibility index (Phi) is 4.84. The van der Waals surface area contributed by atoms with Crippen LogP contribution in [0.2, 0.25) is 0 Å². The minimum atomic E-state index is -4.47. The highest BCUT2D eigenvalue weighted by Crippen LogP contribution is 2.37. The Labute approximate surface area is 149 Å². The molecule has 0 aliphatic carbocycles. The average molecular weight is 359 g/mol. The van der Waals surface area contributed by atoms with E-state index in [2.05, 4.69) is 4.98 Å². The summed E-state index contributed by atoms with van der Waals surface area (Å²) in [5.74, 6) is 1.28. The molecule has 0 amide bonds. The van der Waals surface area contributed by atoms with E-state index in [9.17, 15) is 13.2 Å². The summed E-state index contributed by atoms with van der Waals surface area (Å²) >= 11 is 0. The molecule has 0 saturated heterocycles. The first-order valence-electron chi connectivity index (χ1n) is 7.78. The zero-order valence-electron chi connectivity index (χ0n) is 14.2. The van der Waals surface area contributed by atoms with Crippen molar-refractivity contribution in [3.05, 3.63) is 66.4 Å². The molecule has 0 N–H and O–H groups in total. The largest absolute Gasteiger partial charge is 0.497 e. The third-order valence-corrected chi connectivity index (χ3v) is 3.98. The van der Waals surface area contributed by atoms with Crippen LogP contribution < -0.4 is 9.47 Å². The normalized spacial score (nSPS) is 11.3. The topological polar surface area (TPSA) is 31.4 Å². The Hall–Kier alpha value is -3.02. The van der Waals surface area contributed by atoms with Gasteiger partial charge in [-0.25, -0.2) is 0 Å². The van der Waals surface area contributed by atoms with Gasteiger partial charge in [-0.05, 0) is 48.0 Å². The Morgan fingerprint density at radius 2 is 1.27 bits per heavy atom. The van der Waals surface area contributed by atoms with Gasteiger partial charge >= 0.3 is 6.18 Å². The van der Waals surface area contributed by atoms with E-state index in [1.165, 1.54) is 7.11 Å². The number of aromatic nitrogens is 1. The maximum Gasteiger partial charge on any atom is 0.417 e. The summed E-state index contributed by atoms with van der Waals surface area (Å²) < 4.78 is 49.7. The third kappa shape index (κ3) is 3.64. The molecule has 0 unspecified atom stereocenters. The Morgan fingerprint density at radius 1 is 0.769 bits per heavy atom. The molecule has 0 aliphatic heterocycles. The van der Waals surface area contributed by atoms with Crippen molar-refractivity contribution in [1.29, 1.82) is 0 Å². The second kappa shape index (κ2) is 7.07. The molecule has 2 aromatic carbocycles. The smallest absolute Gasteiger partial charge is 0.417 e. The number of pyridine rings is 1. The van der Waals surface area contributed by atoms with Crippen LogP contribution in [0.15, 0.2) is 60.8 Å². The van der Waals surface area contributed by atoms with Crippen molar-refractivity contribution in [2.24, 2.45) is 0 Å². The van der Waals surface area contributed by atoms with Gasteiger partial charge in [0.05, 0.1) is 25.5 Å². The Morgan fingerprint density at radius 3 is 1.73 bits per heavy atom. The molecule has 3 aromatic rings. The highest BCUT2D eigenvalue weighted by atomic mass is 19.4.